The molecule has 28 heavy (non-hydrogen) atoms. The van der Waals surface area contributed by atoms with Gasteiger partial charge in [0, 0.05) is 16.7 Å². The monoisotopic (exact) mass is 388 g/mol. The zero-order valence-corrected chi connectivity index (χ0v) is 15.9. The first-order chi connectivity index (χ1) is 13.4. The number of rotatable bonds is 7. The van der Waals surface area contributed by atoms with E-state index in [1.807, 2.05) is 13.0 Å². The van der Waals surface area contributed by atoms with Crippen molar-refractivity contribution >= 4 is 0 Å². The number of aromatic amines is 1. The Kier molecular flexibility index (Phi) is 6.57. The maximum absolute atomic E-state index is 13.4. The van der Waals surface area contributed by atoms with Crippen LogP contribution in [0.25, 0.3) is 0 Å². The minimum atomic E-state index is -0.584. The molecule has 1 aromatic heterocycles. The van der Waals surface area contributed by atoms with E-state index in [0.717, 1.165) is 36.8 Å². The Labute approximate surface area is 162 Å². The maximum atomic E-state index is 13.4. The van der Waals surface area contributed by atoms with Crippen molar-refractivity contribution in [3.63, 3.8) is 0 Å². The van der Waals surface area contributed by atoms with Crippen molar-refractivity contribution in [2.24, 2.45) is 0 Å². The molecule has 7 heteroatoms. The van der Waals surface area contributed by atoms with Crippen molar-refractivity contribution in [1.82, 2.24) is 4.98 Å². The predicted molar refractivity (Wildman–Crippen MR) is 104 cm³/mol. The smallest absolute Gasteiger partial charge is 0.251 e. The second-order valence-corrected chi connectivity index (χ2v) is 7.54. The molecular weight excluding hydrogens is 363 g/mol. The molecule has 0 amide bonds. The van der Waals surface area contributed by atoms with E-state index in [2.05, 4.69) is 4.98 Å². The molecular formula is C21H25FN2O4. The Morgan fingerprint density at radius 1 is 1.29 bits per heavy atom. The van der Waals surface area contributed by atoms with Gasteiger partial charge in [0.1, 0.15) is 5.82 Å². The molecule has 1 aliphatic carbocycles. The summed E-state index contributed by atoms with van der Waals surface area (Å²) in [5, 5.41) is 11.1. The number of pyridine rings is 1. The molecule has 0 aliphatic heterocycles. The number of halogens is 1. The third kappa shape index (κ3) is 5.25. The SMILES string of the molecule is Cc1c[nH]c(=O)c(C(CO[C@H]2CC[C@@H](c3cccc(F)c3)CC2)C[N+](=O)[O-])c1. The van der Waals surface area contributed by atoms with Gasteiger partial charge in [-0.05, 0) is 67.9 Å². The number of hydrogen-bond acceptors (Lipinski definition) is 4. The molecule has 6 nitrogen and oxygen atoms in total. The highest BCUT2D eigenvalue weighted by atomic mass is 19.1. The molecule has 2 aromatic rings. The van der Waals surface area contributed by atoms with E-state index < -0.39 is 10.8 Å². The first-order valence-electron chi connectivity index (χ1n) is 9.60. The molecule has 1 aromatic carbocycles. The average molecular weight is 388 g/mol. The molecule has 3 rings (SSSR count). The summed E-state index contributed by atoms with van der Waals surface area (Å²) < 4.78 is 19.4. The third-order valence-electron chi connectivity index (χ3n) is 5.41. The molecule has 1 heterocycles. The Morgan fingerprint density at radius 2 is 2.04 bits per heavy atom. The highest BCUT2D eigenvalue weighted by molar-refractivity contribution is 5.22. The lowest BCUT2D eigenvalue weighted by Gasteiger charge is -2.29. The van der Waals surface area contributed by atoms with Gasteiger partial charge in [-0.2, -0.15) is 0 Å². The number of aromatic nitrogens is 1. The fraction of sp³-hybridized carbons (Fsp3) is 0.476. The summed E-state index contributed by atoms with van der Waals surface area (Å²) in [6.45, 7) is 1.63. The molecule has 1 unspecified atom stereocenters. The van der Waals surface area contributed by atoms with Crippen LogP contribution in [0.1, 0.15) is 54.2 Å². The number of ether oxygens (including phenoxy) is 1. The summed E-state index contributed by atoms with van der Waals surface area (Å²) in [7, 11) is 0. The quantitative estimate of drug-likeness (QED) is 0.575. The van der Waals surface area contributed by atoms with E-state index in [1.54, 1.807) is 24.4 Å². The number of H-pyrrole nitrogens is 1. The summed E-state index contributed by atoms with van der Waals surface area (Å²) in [5.74, 6) is -0.494. The molecule has 1 fully saturated rings. The van der Waals surface area contributed by atoms with Gasteiger partial charge in [-0.3, -0.25) is 14.9 Å². The summed E-state index contributed by atoms with van der Waals surface area (Å²) in [6.07, 6.45) is 5.00. The van der Waals surface area contributed by atoms with Crippen molar-refractivity contribution in [2.45, 2.75) is 50.5 Å². The van der Waals surface area contributed by atoms with E-state index in [1.165, 1.54) is 6.07 Å². The van der Waals surface area contributed by atoms with Crippen LogP contribution in [0.15, 0.2) is 41.3 Å². The fourth-order valence-corrected chi connectivity index (χ4v) is 3.91. The fourth-order valence-electron chi connectivity index (χ4n) is 3.91. The maximum Gasteiger partial charge on any atom is 0.251 e. The van der Waals surface area contributed by atoms with Gasteiger partial charge in [0.2, 0.25) is 6.54 Å². The van der Waals surface area contributed by atoms with Crippen molar-refractivity contribution in [2.75, 3.05) is 13.2 Å². The van der Waals surface area contributed by atoms with Gasteiger partial charge in [0.15, 0.2) is 0 Å². The predicted octanol–water partition coefficient (Wildman–Crippen LogP) is 3.93. The highest BCUT2D eigenvalue weighted by Gasteiger charge is 2.27. The summed E-state index contributed by atoms with van der Waals surface area (Å²) in [4.78, 5) is 25.4. The van der Waals surface area contributed by atoms with Crippen LogP contribution in [-0.2, 0) is 4.74 Å². The van der Waals surface area contributed by atoms with Crippen molar-refractivity contribution in [3.8, 4) is 0 Å². The van der Waals surface area contributed by atoms with E-state index in [-0.39, 0.29) is 30.6 Å². The van der Waals surface area contributed by atoms with E-state index in [0.29, 0.717) is 11.5 Å². The van der Waals surface area contributed by atoms with Crippen molar-refractivity contribution in [1.29, 1.82) is 0 Å². The topological polar surface area (TPSA) is 85.2 Å². The molecule has 0 bridgehead atoms. The van der Waals surface area contributed by atoms with Crippen LogP contribution in [0.5, 0.6) is 0 Å². The summed E-state index contributed by atoms with van der Waals surface area (Å²) in [5.41, 5.74) is 1.94. The Balaban J connectivity index is 1.59. The van der Waals surface area contributed by atoms with Gasteiger partial charge in [0.05, 0.1) is 18.6 Å². The van der Waals surface area contributed by atoms with Gasteiger partial charge >= 0.3 is 0 Å². The Bertz CT molecular complexity index is 875. The molecule has 150 valence electrons. The molecule has 0 spiro atoms. The average Bonchev–Trinajstić information content (AvgIpc) is 2.67. The lowest BCUT2D eigenvalue weighted by molar-refractivity contribution is -0.484. The summed E-state index contributed by atoms with van der Waals surface area (Å²) >= 11 is 0. The second kappa shape index (κ2) is 9.10. The number of nitro groups is 1. The largest absolute Gasteiger partial charge is 0.377 e. The number of nitrogens with one attached hydrogen (secondary N) is 1. The van der Waals surface area contributed by atoms with Crippen molar-refractivity contribution in [3.05, 3.63) is 79.5 Å². The lowest BCUT2D eigenvalue weighted by atomic mass is 9.82. The van der Waals surface area contributed by atoms with Crippen LogP contribution in [0.3, 0.4) is 0 Å². The van der Waals surface area contributed by atoms with Crippen LogP contribution < -0.4 is 5.56 Å². The first kappa shape index (κ1) is 20.2. The number of aryl methyl sites for hydroxylation is 1. The zero-order chi connectivity index (χ0) is 20.1. The number of nitrogens with zero attached hydrogens (tertiary/aromatic N) is 1. The normalized spacial score (nSPS) is 20.6. The Hall–Kier alpha value is -2.54. The second-order valence-electron chi connectivity index (χ2n) is 7.54. The molecule has 1 N–H and O–H groups in total. The van der Waals surface area contributed by atoms with Gasteiger partial charge < -0.3 is 9.72 Å². The van der Waals surface area contributed by atoms with E-state index >= 15 is 0 Å². The third-order valence-corrected chi connectivity index (χ3v) is 5.41. The molecule has 0 saturated heterocycles. The van der Waals surface area contributed by atoms with Crippen LogP contribution in [-0.4, -0.2) is 29.2 Å². The molecule has 1 saturated carbocycles. The van der Waals surface area contributed by atoms with E-state index in [4.69, 9.17) is 4.74 Å². The molecule has 1 atom stereocenters. The van der Waals surface area contributed by atoms with E-state index in [9.17, 15) is 19.3 Å². The number of hydrogen-bond donors (Lipinski definition) is 1. The first-order valence-corrected chi connectivity index (χ1v) is 9.60. The van der Waals surface area contributed by atoms with Crippen LogP contribution in [0, 0.1) is 22.9 Å². The van der Waals surface area contributed by atoms with Gasteiger partial charge in [-0.1, -0.05) is 12.1 Å². The summed E-state index contributed by atoms with van der Waals surface area (Å²) in [6, 6.07) is 8.40. The van der Waals surface area contributed by atoms with Gasteiger partial charge in [-0.25, -0.2) is 4.39 Å². The number of benzene rings is 1. The molecule has 1 aliphatic rings. The van der Waals surface area contributed by atoms with Crippen molar-refractivity contribution < 1.29 is 14.1 Å². The Morgan fingerprint density at radius 3 is 2.71 bits per heavy atom. The van der Waals surface area contributed by atoms with Gasteiger partial charge in [0.25, 0.3) is 5.56 Å². The highest BCUT2D eigenvalue weighted by Crippen LogP contribution is 2.34. The minimum absolute atomic E-state index is 0.00274. The molecule has 0 radical (unpaired) electrons. The van der Waals surface area contributed by atoms with Crippen LogP contribution in [0.2, 0.25) is 0 Å². The van der Waals surface area contributed by atoms with Crippen LogP contribution >= 0.6 is 0 Å². The van der Waals surface area contributed by atoms with Gasteiger partial charge in [-0.15, -0.1) is 0 Å². The van der Waals surface area contributed by atoms with Crippen LogP contribution in [0.4, 0.5) is 4.39 Å². The lowest BCUT2D eigenvalue weighted by Crippen LogP contribution is -2.28. The standard InChI is InChI=1S/C21H25FN2O4/c1-14-9-20(21(25)23-11-14)17(12-24(26)27)13-28-19-7-5-15(6-8-19)16-3-2-4-18(22)10-16/h2-4,9-11,15,17,19H,5-8,12-13H2,1H3,(H,23,25)/t15-,17?,19+. The minimum Gasteiger partial charge on any atom is -0.377 e. The zero-order valence-electron chi connectivity index (χ0n) is 15.9.